The number of hydrogen-bond donors (Lipinski definition) is 4. The largest absolute Gasteiger partial charge is 0.391 e. The first-order chi connectivity index (χ1) is 13.4. The number of carbonyl (C=O) groups excluding carboxylic acids is 1. The van der Waals surface area contributed by atoms with Gasteiger partial charge in [-0.15, -0.1) is 0 Å². The molecule has 1 fully saturated rings. The first kappa shape index (κ1) is 18.0. The normalized spacial score (nSPS) is 16.6. The minimum Gasteiger partial charge on any atom is -0.391 e. The number of amides is 1. The average Bonchev–Trinajstić information content (AvgIpc) is 3.24. The molecule has 0 saturated carbocycles. The number of aromatic amines is 2. The standard InChI is InChI=1S/C18H20N6O4/c1-23-14-3-2-10(6-13(14)21-18(23)24-5-4-12(25)9-24)15(26)19-7-11-8-20-17(28)22-16(11)27/h2-3,6,8,12,25H,4-5,7,9H2,1H3,(H,19,26)(H2,20,22,27,28)/t12-/m0/s1. The van der Waals surface area contributed by atoms with Gasteiger partial charge in [0.1, 0.15) is 0 Å². The van der Waals surface area contributed by atoms with Gasteiger partial charge in [-0.25, -0.2) is 9.78 Å². The molecule has 4 N–H and O–H groups in total. The van der Waals surface area contributed by atoms with E-state index in [1.807, 2.05) is 22.6 Å². The zero-order valence-corrected chi connectivity index (χ0v) is 15.2. The Bertz CT molecular complexity index is 1160. The summed E-state index contributed by atoms with van der Waals surface area (Å²) in [6.45, 7) is 1.26. The number of aliphatic hydroxyl groups is 1. The topological polar surface area (TPSA) is 136 Å². The van der Waals surface area contributed by atoms with Crippen LogP contribution in [-0.2, 0) is 13.6 Å². The highest BCUT2D eigenvalue weighted by Crippen LogP contribution is 2.25. The molecule has 0 bridgehead atoms. The number of fused-ring (bicyclic) bond motifs is 1. The number of hydrogen-bond acceptors (Lipinski definition) is 6. The first-order valence-electron chi connectivity index (χ1n) is 8.91. The summed E-state index contributed by atoms with van der Waals surface area (Å²) in [5, 5.41) is 12.4. The maximum Gasteiger partial charge on any atom is 0.325 e. The Hall–Kier alpha value is -3.40. The summed E-state index contributed by atoms with van der Waals surface area (Å²) >= 11 is 0. The third kappa shape index (κ3) is 3.29. The maximum absolute atomic E-state index is 12.5. The molecular formula is C18H20N6O4. The van der Waals surface area contributed by atoms with Gasteiger partial charge in [0, 0.05) is 38.4 Å². The highest BCUT2D eigenvalue weighted by atomic mass is 16.3. The van der Waals surface area contributed by atoms with Crippen molar-refractivity contribution in [2.24, 2.45) is 7.05 Å². The Morgan fingerprint density at radius 3 is 2.93 bits per heavy atom. The Morgan fingerprint density at radius 1 is 1.39 bits per heavy atom. The number of β-amino-alcohol motifs (C(OH)–C–C–N with tert-alkyl or cyclic N) is 1. The Balaban J connectivity index is 1.54. The molecule has 0 aliphatic carbocycles. The number of carbonyl (C=O) groups is 1. The molecule has 1 aliphatic rings. The van der Waals surface area contributed by atoms with Crippen molar-refractivity contribution in [2.45, 2.75) is 19.1 Å². The van der Waals surface area contributed by atoms with Gasteiger partial charge in [0.05, 0.1) is 22.7 Å². The maximum atomic E-state index is 12.5. The number of aliphatic hydroxyl groups excluding tert-OH is 1. The molecule has 4 rings (SSSR count). The molecule has 0 unspecified atom stereocenters. The van der Waals surface area contributed by atoms with E-state index in [0.717, 1.165) is 18.0 Å². The van der Waals surface area contributed by atoms with Crippen LogP contribution in [0.25, 0.3) is 11.0 Å². The molecule has 0 spiro atoms. The zero-order valence-electron chi connectivity index (χ0n) is 15.2. The number of H-pyrrole nitrogens is 2. The van der Waals surface area contributed by atoms with E-state index in [0.29, 0.717) is 24.0 Å². The lowest BCUT2D eigenvalue weighted by Crippen LogP contribution is -2.30. The molecule has 1 saturated heterocycles. The van der Waals surface area contributed by atoms with Gasteiger partial charge in [0.2, 0.25) is 5.95 Å². The fourth-order valence-electron chi connectivity index (χ4n) is 3.38. The molecule has 1 aliphatic heterocycles. The van der Waals surface area contributed by atoms with Gasteiger partial charge >= 0.3 is 5.69 Å². The second kappa shape index (κ2) is 6.97. The molecule has 10 heteroatoms. The van der Waals surface area contributed by atoms with Crippen LogP contribution >= 0.6 is 0 Å². The molecule has 3 aromatic rings. The van der Waals surface area contributed by atoms with Crippen molar-refractivity contribution >= 4 is 22.9 Å². The lowest BCUT2D eigenvalue weighted by molar-refractivity contribution is 0.0951. The van der Waals surface area contributed by atoms with Gasteiger partial charge in [-0.2, -0.15) is 0 Å². The number of nitrogens with zero attached hydrogens (tertiary/aromatic N) is 3. The van der Waals surface area contributed by atoms with Crippen LogP contribution < -0.4 is 21.5 Å². The van der Waals surface area contributed by atoms with Crippen molar-refractivity contribution in [1.82, 2.24) is 24.8 Å². The van der Waals surface area contributed by atoms with Gasteiger partial charge in [-0.1, -0.05) is 0 Å². The molecule has 10 nitrogen and oxygen atoms in total. The molecule has 1 atom stereocenters. The van der Waals surface area contributed by atoms with Crippen LogP contribution in [0, 0.1) is 0 Å². The molecule has 1 aromatic carbocycles. The number of anilines is 1. The number of imidazole rings is 1. The lowest BCUT2D eigenvalue weighted by atomic mass is 10.2. The van der Waals surface area contributed by atoms with E-state index in [4.69, 9.17) is 0 Å². The third-order valence-corrected chi connectivity index (χ3v) is 4.90. The van der Waals surface area contributed by atoms with Crippen LogP contribution in [0.1, 0.15) is 22.3 Å². The van der Waals surface area contributed by atoms with E-state index >= 15 is 0 Å². The van der Waals surface area contributed by atoms with Gasteiger partial charge in [0.25, 0.3) is 11.5 Å². The fourth-order valence-corrected chi connectivity index (χ4v) is 3.38. The van der Waals surface area contributed by atoms with Crippen LogP contribution in [0.5, 0.6) is 0 Å². The van der Waals surface area contributed by atoms with E-state index in [2.05, 4.69) is 20.3 Å². The Labute approximate surface area is 158 Å². The van der Waals surface area contributed by atoms with E-state index in [-0.39, 0.29) is 24.1 Å². The van der Waals surface area contributed by atoms with E-state index < -0.39 is 11.2 Å². The highest BCUT2D eigenvalue weighted by Gasteiger charge is 2.24. The van der Waals surface area contributed by atoms with Gasteiger partial charge in [-0.3, -0.25) is 14.6 Å². The van der Waals surface area contributed by atoms with Gasteiger partial charge in [0.15, 0.2) is 0 Å². The summed E-state index contributed by atoms with van der Waals surface area (Å²) in [4.78, 5) is 46.3. The van der Waals surface area contributed by atoms with Crippen molar-refractivity contribution in [3.8, 4) is 0 Å². The van der Waals surface area contributed by atoms with Crippen molar-refractivity contribution in [3.05, 3.63) is 56.4 Å². The summed E-state index contributed by atoms with van der Waals surface area (Å²) < 4.78 is 1.94. The SMILES string of the molecule is Cn1c(N2CC[C@H](O)C2)nc2cc(C(=O)NCc3c[nH]c(=O)[nH]c3=O)ccc21. The van der Waals surface area contributed by atoms with Gasteiger partial charge < -0.3 is 24.9 Å². The van der Waals surface area contributed by atoms with Crippen molar-refractivity contribution in [2.75, 3.05) is 18.0 Å². The molecule has 3 heterocycles. The fraction of sp³-hybridized carbons (Fsp3) is 0.333. The second-order valence-corrected chi connectivity index (χ2v) is 6.84. The highest BCUT2D eigenvalue weighted by molar-refractivity contribution is 5.97. The molecule has 146 valence electrons. The van der Waals surface area contributed by atoms with Gasteiger partial charge in [-0.05, 0) is 24.6 Å². The van der Waals surface area contributed by atoms with Crippen molar-refractivity contribution in [3.63, 3.8) is 0 Å². The number of rotatable bonds is 4. The predicted octanol–water partition coefficient (Wildman–Crippen LogP) is -0.549. The average molecular weight is 384 g/mol. The Kier molecular flexibility index (Phi) is 4.47. The number of benzene rings is 1. The van der Waals surface area contributed by atoms with Crippen LogP contribution in [0.4, 0.5) is 5.95 Å². The van der Waals surface area contributed by atoms with Crippen LogP contribution in [-0.4, -0.2) is 49.7 Å². The van der Waals surface area contributed by atoms with Crippen LogP contribution in [0.3, 0.4) is 0 Å². The number of nitrogens with one attached hydrogen (secondary N) is 3. The minimum atomic E-state index is -0.595. The summed E-state index contributed by atoms with van der Waals surface area (Å²) in [6, 6.07) is 5.21. The summed E-state index contributed by atoms with van der Waals surface area (Å²) in [7, 11) is 1.90. The van der Waals surface area contributed by atoms with E-state index in [9.17, 15) is 19.5 Å². The Morgan fingerprint density at radius 2 is 2.21 bits per heavy atom. The lowest BCUT2D eigenvalue weighted by Gasteiger charge is -2.16. The quantitative estimate of drug-likeness (QED) is 0.477. The molecule has 2 aromatic heterocycles. The van der Waals surface area contributed by atoms with Crippen molar-refractivity contribution in [1.29, 1.82) is 0 Å². The minimum absolute atomic E-state index is 0.0118. The molecule has 0 radical (unpaired) electrons. The summed E-state index contributed by atoms with van der Waals surface area (Å²) in [5.41, 5.74) is 1.09. The third-order valence-electron chi connectivity index (χ3n) is 4.90. The molecule has 1 amide bonds. The van der Waals surface area contributed by atoms with Crippen molar-refractivity contribution < 1.29 is 9.90 Å². The summed E-state index contributed by atoms with van der Waals surface area (Å²) in [5.74, 6) is 0.403. The van der Waals surface area contributed by atoms with Crippen LogP contribution in [0.15, 0.2) is 34.0 Å². The smallest absolute Gasteiger partial charge is 0.325 e. The van der Waals surface area contributed by atoms with E-state index in [1.165, 1.54) is 6.20 Å². The molecule has 28 heavy (non-hydrogen) atoms. The van der Waals surface area contributed by atoms with Crippen LogP contribution in [0.2, 0.25) is 0 Å². The summed E-state index contributed by atoms with van der Waals surface area (Å²) in [6.07, 6.45) is 1.64. The number of aryl methyl sites for hydroxylation is 1. The van der Waals surface area contributed by atoms with E-state index in [1.54, 1.807) is 12.1 Å². The first-order valence-corrected chi connectivity index (χ1v) is 8.91. The molecular weight excluding hydrogens is 364 g/mol. The predicted molar refractivity (Wildman–Crippen MR) is 102 cm³/mol. The monoisotopic (exact) mass is 384 g/mol. The second-order valence-electron chi connectivity index (χ2n) is 6.84. The zero-order chi connectivity index (χ0) is 19.8. The number of aromatic nitrogens is 4.